The van der Waals surface area contributed by atoms with Gasteiger partial charge in [0.2, 0.25) is 0 Å². The summed E-state index contributed by atoms with van der Waals surface area (Å²) in [6, 6.07) is 54.5. The molecule has 1 aromatic heterocycles. The Morgan fingerprint density at radius 1 is 0.396 bits per heavy atom. The van der Waals surface area contributed by atoms with Crippen LogP contribution in [0.2, 0.25) is 0 Å². The Labute approximate surface area is 277 Å². The van der Waals surface area contributed by atoms with Crippen LogP contribution in [0.3, 0.4) is 0 Å². The first kappa shape index (κ1) is 26.6. The van der Waals surface area contributed by atoms with E-state index in [1.807, 2.05) is 66.7 Å². The Morgan fingerprint density at radius 2 is 0.938 bits per heavy atom. The van der Waals surface area contributed by atoms with Gasteiger partial charge in [-0.05, 0) is 52.2 Å². The van der Waals surface area contributed by atoms with E-state index in [-0.39, 0.29) is 0 Å². The lowest BCUT2D eigenvalue weighted by molar-refractivity contribution is 0.478. The summed E-state index contributed by atoms with van der Waals surface area (Å²) < 4.78 is 6.93. The highest BCUT2D eigenvalue weighted by Gasteiger charge is 2.35. The van der Waals surface area contributed by atoms with Crippen molar-refractivity contribution in [3.63, 3.8) is 0 Å². The lowest BCUT2D eigenvalue weighted by Gasteiger charge is -2.35. The van der Waals surface area contributed by atoms with Crippen LogP contribution in [-0.2, 0) is 0 Å². The molecule has 7 aromatic carbocycles. The van der Waals surface area contributed by atoms with Gasteiger partial charge in [-0.15, -0.1) is 0 Å². The van der Waals surface area contributed by atoms with Crippen LogP contribution in [0, 0.1) is 0 Å². The molecule has 0 N–H and O–H groups in total. The van der Waals surface area contributed by atoms with E-state index in [1.165, 1.54) is 27.5 Å². The third-order valence-corrected chi connectivity index (χ3v) is 9.22. The van der Waals surface area contributed by atoms with Gasteiger partial charge in [-0.2, -0.15) is 0 Å². The fourth-order valence-electron chi connectivity index (χ4n) is 7.03. The van der Waals surface area contributed by atoms with E-state index in [4.69, 9.17) is 19.7 Å². The second-order valence-electron chi connectivity index (χ2n) is 12.0. The van der Waals surface area contributed by atoms with Crippen LogP contribution in [0.15, 0.2) is 158 Å². The summed E-state index contributed by atoms with van der Waals surface area (Å²) in [5, 5.41) is 2.38. The number of aromatic nitrogens is 3. The number of hydrogen-bond donors (Lipinski definition) is 0. The highest BCUT2D eigenvalue weighted by Crippen LogP contribution is 2.60. The predicted octanol–water partition coefficient (Wildman–Crippen LogP) is 11.2. The van der Waals surface area contributed by atoms with Gasteiger partial charge < -0.3 is 9.64 Å². The lowest BCUT2D eigenvalue weighted by atomic mass is 9.93. The fraction of sp³-hybridized carbons (Fsp3) is 0. The molecular weight excluding hydrogens is 589 g/mol. The Kier molecular flexibility index (Phi) is 5.81. The molecule has 224 valence electrons. The lowest BCUT2D eigenvalue weighted by Crippen LogP contribution is -2.17. The van der Waals surface area contributed by atoms with Crippen LogP contribution in [-0.4, -0.2) is 15.0 Å². The van der Waals surface area contributed by atoms with Crippen molar-refractivity contribution >= 4 is 27.8 Å². The smallest absolute Gasteiger partial charge is 0.167 e. The van der Waals surface area contributed by atoms with Gasteiger partial charge in [-0.1, -0.05) is 127 Å². The number of hydrogen-bond acceptors (Lipinski definition) is 5. The molecule has 5 heteroatoms. The van der Waals surface area contributed by atoms with Crippen molar-refractivity contribution < 1.29 is 4.74 Å². The summed E-state index contributed by atoms with van der Waals surface area (Å²) in [4.78, 5) is 17.4. The summed E-state index contributed by atoms with van der Waals surface area (Å²) in [7, 11) is 0. The number of nitrogens with zero attached hydrogens (tertiary/aromatic N) is 4. The number of rotatable bonds is 3. The first-order valence-electron chi connectivity index (χ1n) is 16.0. The summed E-state index contributed by atoms with van der Waals surface area (Å²) in [6.45, 7) is 0. The molecule has 0 spiro atoms. The topological polar surface area (TPSA) is 51.1 Å². The van der Waals surface area contributed by atoms with Crippen LogP contribution >= 0.6 is 0 Å². The molecule has 0 fully saturated rings. The maximum atomic E-state index is 6.93. The monoisotopic (exact) mass is 614 g/mol. The maximum absolute atomic E-state index is 6.93. The Hall–Kier alpha value is -6.59. The van der Waals surface area contributed by atoms with E-state index in [0.29, 0.717) is 23.2 Å². The molecule has 0 aliphatic carbocycles. The number of benzene rings is 7. The van der Waals surface area contributed by atoms with Crippen molar-refractivity contribution in [2.45, 2.75) is 0 Å². The largest absolute Gasteiger partial charge is 0.452 e. The van der Waals surface area contributed by atoms with Crippen LogP contribution in [0.5, 0.6) is 11.5 Å². The predicted molar refractivity (Wildman–Crippen MR) is 193 cm³/mol. The van der Waals surface area contributed by atoms with Crippen LogP contribution in [0.4, 0.5) is 17.1 Å². The van der Waals surface area contributed by atoms with Gasteiger partial charge in [0.05, 0.1) is 22.6 Å². The molecular formula is C43H26N4O. The molecule has 5 nitrogen and oxygen atoms in total. The maximum Gasteiger partial charge on any atom is 0.167 e. The van der Waals surface area contributed by atoms with Crippen LogP contribution in [0.25, 0.3) is 67.2 Å². The third kappa shape index (κ3) is 4.08. The molecule has 3 heterocycles. The van der Waals surface area contributed by atoms with Crippen molar-refractivity contribution in [2.24, 2.45) is 0 Å². The summed E-state index contributed by atoms with van der Waals surface area (Å²) in [5.41, 5.74) is 10.3. The molecule has 0 amide bonds. The summed E-state index contributed by atoms with van der Waals surface area (Å²) in [6.07, 6.45) is 0. The van der Waals surface area contributed by atoms with E-state index in [9.17, 15) is 0 Å². The van der Waals surface area contributed by atoms with Gasteiger partial charge in [-0.25, -0.2) is 15.0 Å². The molecule has 0 unspecified atom stereocenters. The molecule has 48 heavy (non-hydrogen) atoms. The standard InChI is InChI=1S/C43H26N4O/c1-3-13-27(14-4-1)41-44-42(28-15-5-2-6-16-28)46-43(45-41)34-22-11-23-36-40(34)48-38-24-12-21-33-31-19-9-10-20-32(31)35-25-29-17-7-8-18-30(29)26-37(35)47(36)39(33)38/h1-26H. The SMILES string of the molecule is c1ccc(-c2nc(-c3ccccc3)nc(-c3cccc4c3Oc3cccc5c3N4c3cc4ccccc4cc3-c3ccccc3-5)n2)cc1. The summed E-state index contributed by atoms with van der Waals surface area (Å²) in [5.74, 6) is 3.26. The molecule has 2 aliphatic rings. The van der Waals surface area contributed by atoms with E-state index >= 15 is 0 Å². The minimum absolute atomic E-state index is 0.552. The minimum Gasteiger partial charge on any atom is -0.452 e. The van der Waals surface area contributed by atoms with Gasteiger partial charge in [0, 0.05) is 22.3 Å². The van der Waals surface area contributed by atoms with Crippen molar-refractivity contribution in [1.82, 2.24) is 15.0 Å². The number of ether oxygens (including phenoxy) is 1. The number of anilines is 3. The van der Waals surface area contributed by atoms with Crippen LogP contribution in [0.1, 0.15) is 0 Å². The average molecular weight is 615 g/mol. The van der Waals surface area contributed by atoms with Gasteiger partial charge in [0.15, 0.2) is 29.0 Å². The van der Waals surface area contributed by atoms with Gasteiger partial charge >= 0.3 is 0 Å². The Balaban J connectivity index is 1.25. The fourth-order valence-corrected chi connectivity index (χ4v) is 7.03. The second-order valence-corrected chi connectivity index (χ2v) is 12.0. The van der Waals surface area contributed by atoms with Crippen LogP contribution < -0.4 is 9.64 Å². The highest BCUT2D eigenvalue weighted by molar-refractivity contribution is 6.09. The van der Waals surface area contributed by atoms with E-state index in [1.54, 1.807) is 0 Å². The number of fused-ring (bicyclic) bond motifs is 8. The molecule has 0 radical (unpaired) electrons. The molecule has 0 bridgehead atoms. The van der Waals surface area contributed by atoms with Crippen molar-refractivity contribution in [1.29, 1.82) is 0 Å². The minimum atomic E-state index is 0.552. The first-order valence-corrected chi connectivity index (χ1v) is 16.0. The van der Waals surface area contributed by atoms with E-state index in [0.717, 1.165) is 45.1 Å². The van der Waals surface area contributed by atoms with Crippen molar-refractivity contribution in [3.05, 3.63) is 158 Å². The zero-order chi connectivity index (χ0) is 31.6. The van der Waals surface area contributed by atoms with E-state index in [2.05, 4.69) is 95.9 Å². The molecule has 8 aromatic rings. The third-order valence-electron chi connectivity index (χ3n) is 9.22. The zero-order valence-electron chi connectivity index (χ0n) is 25.7. The Bertz CT molecular complexity index is 2490. The molecule has 0 saturated carbocycles. The zero-order valence-corrected chi connectivity index (χ0v) is 25.7. The van der Waals surface area contributed by atoms with Gasteiger partial charge in [-0.3, -0.25) is 0 Å². The van der Waals surface area contributed by atoms with Gasteiger partial charge in [0.25, 0.3) is 0 Å². The molecule has 0 saturated heterocycles. The van der Waals surface area contributed by atoms with Crippen molar-refractivity contribution in [2.75, 3.05) is 4.90 Å². The van der Waals surface area contributed by atoms with Crippen molar-refractivity contribution in [3.8, 4) is 67.9 Å². The average Bonchev–Trinajstić information content (AvgIpc) is 3.28. The second kappa shape index (κ2) is 10.5. The highest BCUT2D eigenvalue weighted by atomic mass is 16.5. The summed E-state index contributed by atoms with van der Waals surface area (Å²) >= 11 is 0. The number of para-hydroxylation sites is 2. The first-order chi connectivity index (χ1) is 23.8. The molecule has 2 aliphatic heterocycles. The van der Waals surface area contributed by atoms with Gasteiger partial charge in [0.1, 0.15) is 0 Å². The molecule has 10 rings (SSSR count). The molecule has 0 atom stereocenters. The van der Waals surface area contributed by atoms with E-state index < -0.39 is 0 Å². The normalized spacial score (nSPS) is 12.3. The Morgan fingerprint density at radius 3 is 1.65 bits per heavy atom. The quantitative estimate of drug-likeness (QED) is 0.198.